The molecular weight excluding hydrogens is 337 g/mol. The number of fused-ring (bicyclic) bond motifs is 1. The van der Waals surface area contributed by atoms with Crippen LogP contribution >= 0.6 is 0 Å². The lowest BCUT2D eigenvalue weighted by Crippen LogP contribution is -2.19. The second kappa shape index (κ2) is 6.47. The Morgan fingerprint density at radius 3 is 2.73 bits per heavy atom. The molecule has 0 saturated carbocycles. The Kier molecular flexibility index (Phi) is 4.00. The van der Waals surface area contributed by atoms with Crippen LogP contribution in [0.5, 0.6) is 5.75 Å². The number of imidazole rings is 1. The molecule has 0 aliphatic heterocycles. The van der Waals surface area contributed by atoms with E-state index in [-0.39, 0.29) is 5.56 Å². The van der Waals surface area contributed by atoms with Crippen LogP contribution in [0.2, 0.25) is 0 Å². The minimum atomic E-state index is -0.898. The van der Waals surface area contributed by atoms with Gasteiger partial charge in [0.1, 0.15) is 5.75 Å². The minimum Gasteiger partial charge on any atom is -0.463 e. The Balaban J connectivity index is 1.96. The molecule has 0 fully saturated rings. The first-order valence-corrected chi connectivity index (χ1v) is 8.11. The quantitative estimate of drug-likeness (QED) is 0.598. The number of H-pyrrole nitrogens is 1. The topological polar surface area (TPSA) is 77.7 Å². The van der Waals surface area contributed by atoms with E-state index in [0.717, 1.165) is 16.6 Å². The van der Waals surface area contributed by atoms with E-state index in [1.54, 1.807) is 49.2 Å². The highest BCUT2D eigenvalue weighted by molar-refractivity contribution is 5.91. The van der Waals surface area contributed by atoms with E-state index < -0.39 is 6.86 Å². The van der Waals surface area contributed by atoms with Gasteiger partial charge in [0.2, 0.25) is 6.86 Å². The number of rotatable bonds is 5. The third-order valence-electron chi connectivity index (χ3n) is 4.26. The van der Waals surface area contributed by atoms with Gasteiger partial charge in [0.25, 0.3) is 5.56 Å². The number of alkyl halides is 1. The van der Waals surface area contributed by atoms with Crippen LogP contribution in [-0.4, -0.2) is 31.2 Å². The van der Waals surface area contributed by atoms with Crippen LogP contribution in [-0.2, 0) is 6.54 Å². The van der Waals surface area contributed by atoms with Gasteiger partial charge in [0.05, 0.1) is 18.0 Å². The third-order valence-corrected chi connectivity index (χ3v) is 4.26. The number of aryl methyl sites for hydroxylation is 1. The lowest BCUT2D eigenvalue weighted by atomic mass is 10.1. The molecule has 0 saturated heterocycles. The average Bonchev–Trinajstić information content (AvgIpc) is 3.33. The molecule has 4 aromatic rings. The van der Waals surface area contributed by atoms with Crippen molar-refractivity contribution in [3.63, 3.8) is 0 Å². The van der Waals surface area contributed by atoms with Crippen molar-refractivity contribution in [3.05, 3.63) is 59.5 Å². The number of benzene rings is 1. The molecule has 0 atom stereocenters. The second-order valence-corrected chi connectivity index (χ2v) is 5.68. The van der Waals surface area contributed by atoms with Crippen LogP contribution in [0.25, 0.3) is 27.8 Å². The van der Waals surface area contributed by atoms with Crippen molar-refractivity contribution < 1.29 is 9.13 Å². The molecular formula is C18H16FN5O2. The van der Waals surface area contributed by atoms with Crippen LogP contribution in [0.1, 0.15) is 6.92 Å². The summed E-state index contributed by atoms with van der Waals surface area (Å²) in [6.07, 6.45) is 6.91. The first-order valence-electron chi connectivity index (χ1n) is 8.11. The maximum atomic E-state index is 13.0. The molecule has 3 heterocycles. The zero-order valence-corrected chi connectivity index (χ0v) is 14.0. The molecule has 1 N–H and O–H groups in total. The summed E-state index contributed by atoms with van der Waals surface area (Å²) < 4.78 is 20.6. The summed E-state index contributed by atoms with van der Waals surface area (Å²) in [5.41, 5.74) is 3.27. The molecule has 0 aliphatic rings. The van der Waals surface area contributed by atoms with E-state index in [1.165, 1.54) is 4.57 Å². The van der Waals surface area contributed by atoms with Crippen molar-refractivity contribution >= 4 is 11.0 Å². The molecule has 0 aliphatic carbocycles. The summed E-state index contributed by atoms with van der Waals surface area (Å²) in [5.74, 6) is 0.399. The number of ether oxygens (including phenoxy) is 1. The number of hydrogen-bond donors (Lipinski definition) is 1. The third kappa shape index (κ3) is 2.55. The van der Waals surface area contributed by atoms with E-state index in [9.17, 15) is 9.18 Å². The van der Waals surface area contributed by atoms with Gasteiger partial charge in [-0.25, -0.2) is 9.37 Å². The summed E-state index contributed by atoms with van der Waals surface area (Å²) in [6, 6.07) is 6.64. The zero-order valence-electron chi connectivity index (χ0n) is 14.0. The van der Waals surface area contributed by atoms with Gasteiger partial charge < -0.3 is 9.30 Å². The lowest BCUT2D eigenvalue weighted by Gasteiger charge is -2.11. The average molecular weight is 353 g/mol. The van der Waals surface area contributed by atoms with Crippen molar-refractivity contribution in [1.82, 2.24) is 24.3 Å². The molecule has 132 valence electrons. The Morgan fingerprint density at radius 1 is 1.27 bits per heavy atom. The van der Waals surface area contributed by atoms with E-state index in [2.05, 4.69) is 15.2 Å². The Hall–Kier alpha value is -3.42. The van der Waals surface area contributed by atoms with Crippen LogP contribution in [0.3, 0.4) is 0 Å². The largest absolute Gasteiger partial charge is 0.463 e. The Bertz CT molecular complexity index is 1100. The van der Waals surface area contributed by atoms with Gasteiger partial charge in [-0.3, -0.25) is 14.5 Å². The van der Waals surface area contributed by atoms with E-state index in [0.29, 0.717) is 23.5 Å². The molecule has 1 aromatic carbocycles. The van der Waals surface area contributed by atoms with E-state index in [1.807, 2.05) is 11.5 Å². The molecule has 0 unspecified atom stereocenters. The fraction of sp³-hybridized carbons (Fsp3) is 0.167. The molecule has 7 nitrogen and oxygen atoms in total. The van der Waals surface area contributed by atoms with Gasteiger partial charge in [-0.2, -0.15) is 5.10 Å². The molecule has 3 aromatic heterocycles. The predicted molar refractivity (Wildman–Crippen MR) is 95.2 cm³/mol. The number of nitrogens with zero attached hydrogens (tertiary/aromatic N) is 4. The van der Waals surface area contributed by atoms with E-state index >= 15 is 0 Å². The summed E-state index contributed by atoms with van der Waals surface area (Å²) in [7, 11) is 0. The van der Waals surface area contributed by atoms with Gasteiger partial charge >= 0.3 is 0 Å². The monoisotopic (exact) mass is 353 g/mol. The first kappa shape index (κ1) is 16.1. The maximum Gasteiger partial charge on any atom is 0.283 e. The van der Waals surface area contributed by atoms with Crippen LogP contribution in [0.4, 0.5) is 4.39 Å². The zero-order chi connectivity index (χ0) is 18.1. The molecule has 0 radical (unpaired) electrons. The van der Waals surface area contributed by atoms with Gasteiger partial charge in [-0.1, -0.05) is 0 Å². The highest BCUT2D eigenvalue weighted by atomic mass is 19.1. The highest BCUT2D eigenvalue weighted by Crippen LogP contribution is 2.27. The minimum absolute atomic E-state index is 0.224. The predicted octanol–water partition coefficient (Wildman–Crippen LogP) is 2.90. The molecule has 0 bridgehead atoms. The molecule has 26 heavy (non-hydrogen) atoms. The number of pyridine rings is 1. The normalized spacial score (nSPS) is 11.2. The van der Waals surface area contributed by atoms with Gasteiger partial charge in [0.15, 0.2) is 5.52 Å². The SMILES string of the molecule is CCn1cnc2c(=O)n(-c3ccc(OCF)cc3)cc(-c3cn[nH]c3)c21. The fourth-order valence-corrected chi connectivity index (χ4v) is 2.99. The van der Waals surface area contributed by atoms with Gasteiger partial charge in [0, 0.05) is 35.8 Å². The molecule has 8 heteroatoms. The highest BCUT2D eigenvalue weighted by Gasteiger charge is 2.17. The summed E-state index contributed by atoms with van der Waals surface area (Å²) >= 11 is 0. The summed E-state index contributed by atoms with van der Waals surface area (Å²) in [5, 5.41) is 6.81. The number of aromatic nitrogens is 5. The Morgan fingerprint density at radius 2 is 2.08 bits per heavy atom. The molecule has 0 amide bonds. The van der Waals surface area contributed by atoms with Crippen molar-refractivity contribution in [3.8, 4) is 22.6 Å². The van der Waals surface area contributed by atoms with E-state index in [4.69, 9.17) is 4.74 Å². The van der Waals surface area contributed by atoms with Crippen molar-refractivity contribution in [2.75, 3.05) is 6.86 Å². The number of aromatic amines is 1. The maximum absolute atomic E-state index is 13.0. The smallest absolute Gasteiger partial charge is 0.283 e. The van der Waals surface area contributed by atoms with Crippen LogP contribution < -0.4 is 10.3 Å². The van der Waals surface area contributed by atoms with Gasteiger partial charge in [-0.05, 0) is 31.2 Å². The second-order valence-electron chi connectivity index (χ2n) is 5.68. The van der Waals surface area contributed by atoms with Crippen LogP contribution in [0, 0.1) is 0 Å². The number of nitrogens with one attached hydrogen (secondary N) is 1. The molecule has 4 rings (SSSR count). The summed E-state index contributed by atoms with van der Waals surface area (Å²) in [4.78, 5) is 17.3. The summed E-state index contributed by atoms with van der Waals surface area (Å²) in [6.45, 7) is 1.79. The van der Waals surface area contributed by atoms with Crippen molar-refractivity contribution in [2.45, 2.75) is 13.5 Å². The van der Waals surface area contributed by atoms with Gasteiger partial charge in [-0.15, -0.1) is 0 Å². The Labute approximate surface area is 147 Å². The van der Waals surface area contributed by atoms with Crippen molar-refractivity contribution in [2.24, 2.45) is 0 Å². The lowest BCUT2D eigenvalue weighted by molar-refractivity contribution is 0.192. The first-order chi connectivity index (χ1) is 12.7. The van der Waals surface area contributed by atoms with Crippen LogP contribution in [0.15, 0.2) is 54.0 Å². The van der Waals surface area contributed by atoms with Crippen molar-refractivity contribution in [1.29, 1.82) is 0 Å². The number of halogens is 1. The number of hydrogen-bond acceptors (Lipinski definition) is 4. The fourth-order valence-electron chi connectivity index (χ4n) is 2.99. The molecule has 0 spiro atoms. The standard InChI is InChI=1S/C18H16FN5O2/c1-2-23-11-20-16-17(23)15(12-7-21-22-8-12)9-24(18(16)25)13-3-5-14(6-4-13)26-10-19/h3-9,11H,2,10H2,1H3,(H,21,22).